The first kappa shape index (κ1) is 15.3. The molecule has 1 N–H and O–H groups in total. The molecule has 2 aromatic carbocycles. The van der Waals surface area contributed by atoms with Crippen molar-refractivity contribution in [3.8, 4) is 11.3 Å². The second kappa shape index (κ2) is 6.66. The zero-order valence-corrected chi connectivity index (χ0v) is 13.2. The minimum Gasteiger partial charge on any atom is -0.345 e. The molecule has 1 heterocycles. The molecule has 0 fully saturated rings. The van der Waals surface area contributed by atoms with E-state index in [0.717, 1.165) is 22.7 Å². The number of benzene rings is 2. The lowest BCUT2D eigenvalue weighted by Crippen LogP contribution is -2.26. The van der Waals surface area contributed by atoms with Gasteiger partial charge in [0.25, 0.3) is 5.91 Å². The van der Waals surface area contributed by atoms with E-state index >= 15 is 0 Å². The molecule has 4 nitrogen and oxygen atoms in total. The van der Waals surface area contributed by atoms with Crippen LogP contribution in [-0.2, 0) is 0 Å². The Hall–Kier alpha value is -2.60. The molecule has 6 heteroatoms. The van der Waals surface area contributed by atoms with Gasteiger partial charge in [0.2, 0.25) is 0 Å². The number of halogens is 1. The molecule has 116 valence electrons. The van der Waals surface area contributed by atoms with Gasteiger partial charge in [0.1, 0.15) is 16.4 Å². The van der Waals surface area contributed by atoms with Crippen LogP contribution in [0.15, 0.2) is 54.6 Å². The Kier molecular flexibility index (Phi) is 4.43. The van der Waals surface area contributed by atoms with Crippen LogP contribution in [0.5, 0.6) is 0 Å². The van der Waals surface area contributed by atoms with Gasteiger partial charge < -0.3 is 5.32 Å². The summed E-state index contributed by atoms with van der Waals surface area (Å²) in [6.45, 7) is 1.85. The van der Waals surface area contributed by atoms with Gasteiger partial charge in [-0.3, -0.25) is 4.79 Å². The fourth-order valence-electron chi connectivity index (χ4n) is 2.22. The molecule has 0 radical (unpaired) electrons. The predicted octanol–water partition coefficient (Wildman–Crippen LogP) is 3.84. The number of nitrogens with one attached hydrogen (secondary N) is 1. The first-order chi connectivity index (χ1) is 11.1. The van der Waals surface area contributed by atoms with Crippen molar-refractivity contribution in [2.24, 2.45) is 0 Å². The minimum atomic E-state index is -0.301. The highest BCUT2D eigenvalue weighted by atomic mass is 32.1. The van der Waals surface area contributed by atoms with Crippen molar-refractivity contribution in [2.75, 3.05) is 0 Å². The highest BCUT2D eigenvalue weighted by molar-refractivity contribution is 7.08. The van der Waals surface area contributed by atoms with E-state index in [1.807, 2.05) is 37.3 Å². The fraction of sp³-hybridized carbons (Fsp3) is 0.118. The molecule has 1 aromatic heterocycles. The zero-order chi connectivity index (χ0) is 16.2. The lowest BCUT2D eigenvalue weighted by molar-refractivity contribution is 0.0944. The van der Waals surface area contributed by atoms with Gasteiger partial charge in [-0.1, -0.05) is 47.0 Å². The topological polar surface area (TPSA) is 54.9 Å². The Bertz CT molecular complexity index is 802. The van der Waals surface area contributed by atoms with Gasteiger partial charge in [-0.05, 0) is 36.2 Å². The van der Waals surface area contributed by atoms with Gasteiger partial charge in [-0.2, -0.15) is 0 Å². The van der Waals surface area contributed by atoms with Crippen molar-refractivity contribution in [1.29, 1.82) is 0 Å². The molecule has 0 saturated heterocycles. The van der Waals surface area contributed by atoms with Crippen LogP contribution in [-0.4, -0.2) is 15.5 Å². The van der Waals surface area contributed by atoms with Gasteiger partial charge in [-0.15, -0.1) is 5.10 Å². The summed E-state index contributed by atoms with van der Waals surface area (Å²) in [7, 11) is 0. The maximum atomic E-state index is 13.0. The second-order valence-electron chi connectivity index (χ2n) is 5.06. The van der Waals surface area contributed by atoms with Crippen molar-refractivity contribution in [2.45, 2.75) is 13.0 Å². The quantitative estimate of drug-likeness (QED) is 0.792. The van der Waals surface area contributed by atoms with Gasteiger partial charge in [0, 0.05) is 5.56 Å². The number of rotatable bonds is 4. The van der Waals surface area contributed by atoms with Crippen LogP contribution in [0, 0.1) is 5.82 Å². The molecule has 3 aromatic rings. The fourth-order valence-corrected chi connectivity index (χ4v) is 2.81. The third-order valence-electron chi connectivity index (χ3n) is 3.46. The maximum Gasteiger partial charge on any atom is 0.265 e. The summed E-state index contributed by atoms with van der Waals surface area (Å²) < 4.78 is 16.9. The molecular weight excluding hydrogens is 313 g/mol. The van der Waals surface area contributed by atoms with Crippen LogP contribution in [0.25, 0.3) is 11.3 Å². The summed E-state index contributed by atoms with van der Waals surface area (Å²) in [5.41, 5.74) is 2.25. The van der Waals surface area contributed by atoms with Gasteiger partial charge >= 0.3 is 0 Å². The van der Waals surface area contributed by atoms with Gasteiger partial charge in [0.05, 0.1) is 6.04 Å². The maximum absolute atomic E-state index is 13.0. The first-order valence-electron chi connectivity index (χ1n) is 7.09. The molecule has 1 amide bonds. The standard InChI is InChI=1S/C17H14FN3OS/c1-11(12-7-9-14(18)10-8-12)19-17(22)16-15(20-21-23-16)13-5-3-2-4-6-13/h2-11H,1H3,(H,19,22)/t11-/m0/s1. The summed E-state index contributed by atoms with van der Waals surface area (Å²) in [6.07, 6.45) is 0. The molecular formula is C17H14FN3OS. The number of amides is 1. The number of hydrogen-bond donors (Lipinski definition) is 1. The third kappa shape index (κ3) is 3.43. The van der Waals surface area contributed by atoms with E-state index < -0.39 is 0 Å². The molecule has 0 aliphatic carbocycles. The predicted molar refractivity (Wildman–Crippen MR) is 87.6 cm³/mol. The summed E-state index contributed by atoms with van der Waals surface area (Å²) in [5.74, 6) is -0.541. The first-order valence-corrected chi connectivity index (χ1v) is 7.86. The Morgan fingerprint density at radius 3 is 2.52 bits per heavy atom. The van der Waals surface area contributed by atoms with E-state index in [9.17, 15) is 9.18 Å². The Labute approximate surface area is 137 Å². The highest BCUT2D eigenvalue weighted by Gasteiger charge is 2.19. The Morgan fingerprint density at radius 2 is 1.83 bits per heavy atom. The zero-order valence-electron chi connectivity index (χ0n) is 12.4. The van der Waals surface area contributed by atoms with Gasteiger partial charge in [0.15, 0.2) is 0 Å². The summed E-state index contributed by atoms with van der Waals surface area (Å²) in [5, 5.41) is 6.95. The average molecular weight is 327 g/mol. The van der Waals surface area contributed by atoms with Crippen LogP contribution < -0.4 is 5.32 Å². The Balaban J connectivity index is 1.79. The van der Waals surface area contributed by atoms with Crippen molar-refractivity contribution in [3.63, 3.8) is 0 Å². The summed E-state index contributed by atoms with van der Waals surface area (Å²) in [6, 6.07) is 15.3. The van der Waals surface area contributed by atoms with Gasteiger partial charge in [-0.25, -0.2) is 4.39 Å². The largest absolute Gasteiger partial charge is 0.345 e. The lowest BCUT2D eigenvalue weighted by atomic mass is 10.1. The summed E-state index contributed by atoms with van der Waals surface area (Å²) in [4.78, 5) is 13.0. The van der Waals surface area contributed by atoms with Crippen LogP contribution in [0.3, 0.4) is 0 Å². The van der Waals surface area contributed by atoms with Crippen molar-refractivity contribution in [1.82, 2.24) is 14.9 Å². The molecule has 0 aliphatic heterocycles. The van der Waals surface area contributed by atoms with E-state index in [1.165, 1.54) is 12.1 Å². The van der Waals surface area contributed by atoms with Crippen LogP contribution in [0.2, 0.25) is 0 Å². The third-order valence-corrected chi connectivity index (χ3v) is 4.18. The van der Waals surface area contributed by atoms with E-state index in [1.54, 1.807) is 12.1 Å². The summed E-state index contributed by atoms with van der Waals surface area (Å²) >= 11 is 1.06. The van der Waals surface area contributed by atoms with E-state index in [2.05, 4.69) is 14.9 Å². The number of aromatic nitrogens is 2. The Morgan fingerprint density at radius 1 is 1.13 bits per heavy atom. The van der Waals surface area contributed by atoms with Crippen LogP contribution in [0.4, 0.5) is 4.39 Å². The highest BCUT2D eigenvalue weighted by Crippen LogP contribution is 2.24. The molecule has 23 heavy (non-hydrogen) atoms. The van der Waals surface area contributed by atoms with E-state index in [4.69, 9.17) is 0 Å². The molecule has 1 atom stereocenters. The van der Waals surface area contributed by atoms with E-state index in [-0.39, 0.29) is 17.8 Å². The van der Waals surface area contributed by atoms with Crippen LogP contribution in [0.1, 0.15) is 28.2 Å². The molecule has 3 rings (SSSR count). The SMILES string of the molecule is C[C@H](NC(=O)c1snnc1-c1ccccc1)c1ccc(F)cc1. The number of nitrogens with zero attached hydrogens (tertiary/aromatic N) is 2. The molecule has 0 spiro atoms. The molecule has 0 unspecified atom stereocenters. The number of carbonyl (C=O) groups is 1. The smallest absolute Gasteiger partial charge is 0.265 e. The second-order valence-corrected chi connectivity index (χ2v) is 5.82. The average Bonchev–Trinajstić information content (AvgIpc) is 3.06. The van der Waals surface area contributed by atoms with E-state index in [0.29, 0.717) is 10.6 Å². The molecule has 0 aliphatic rings. The van der Waals surface area contributed by atoms with Crippen molar-refractivity contribution in [3.05, 3.63) is 70.9 Å². The van der Waals surface area contributed by atoms with Crippen molar-refractivity contribution < 1.29 is 9.18 Å². The number of carbonyl (C=O) groups excluding carboxylic acids is 1. The van der Waals surface area contributed by atoms with Crippen molar-refractivity contribution >= 4 is 17.4 Å². The lowest BCUT2D eigenvalue weighted by Gasteiger charge is -2.13. The molecule has 0 bridgehead atoms. The molecule has 0 saturated carbocycles. The monoisotopic (exact) mass is 327 g/mol. The number of hydrogen-bond acceptors (Lipinski definition) is 4. The van der Waals surface area contributed by atoms with Crippen LogP contribution >= 0.6 is 11.5 Å². The minimum absolute atomic E-state index is 0.240. The normalized spacial score (nSPS) is 11.9.